The molecule has 140 valence electrons. The molecule has 0 bridgehead atoms. The normalized spacial score (nSPS) is 11.0. The zero-order valence-corrected chi connectivity index (χ0v) is 15.8. The molecule has 0 aliphatic heterocycles. The van der Waals surface area contributed by atoms with Crippen LogP contribution in [0.4, 0.5) is 11.8 Å². The Hall–Kier alpha value is -2.76. The molecule has 0 atom stereocenters. The molecule has 0 spiro atoms. The number of rotatable bonds is 9. The second-order valence-electron chi connectivity index (χ2n) is 5.84. The van der Waals surface area contributed by atoms with Crippen LogP contribution in [0.2, 0.25) is 0 Å². The number of allylic oxidation sites excluding steroid dienone is 2. The summed E-state index contributed by atoms with van der Waals surface area (Å²) in [6, 6.07) is 4.08. The maximum atomic E-state index is 5.97. The minimum Gasteiger partial charge on any atom is -0.493 e. The van der Waals surface area contributed by atoms with Crippen molar-refractivity contribution in [2.75, 3.05) is 24.7 Å². The first-order valence-corrected chi connectivity index (χ1v) is 9.02. The Balaban J connectivity index is 2.41. The molecule has 1 heterocycles. The number of hydrogen-bond acceptors (Lipinski definition) is 6. The van der Waals surface area contributed by atoms with Crippen LogP contribution in [0.5, 0.6) is 11.5 Å². The van der Waals surface area contributed by atoms with Gasteiger partial charge in [-0.3, -0.25) is 0 Å². The van der Waals surface area contributed by atoms with Crippen molar-refractivity contribution in [3.05, 3.63) is 47.2 Å². The highest BCUT2D eigenvalue weighted by atomic mass is 16.5. The van der Waals surface area contributed by atoms with Gasteiger partial charge in [-0.2, -0.15) is 4.98 Å². The maximum absolute atomic E-state index is 5.97. The fourth-order valence-corrected chi connectivity index (χ4v) is 2.70. The van der Waals surface area contributed by atoms with E-state index >= 15 is 0 Å². The minimum absolute atomic E-state index is 0.175. The number of nitrogens with two attached hydrogens (primary N) is 2. The molecule has 26 heavy (non-hydrogen) atoms. The second kappa shape index (κ2) is 9.65. The molecular weight excluding hydrogens is 328 g/mol. The average Bonchev–Trinajstić information content (AvgIpc) is 2.60. The lowest BCUT2D eigenvalue weighted by Gasteiger charge is -2.17. The molecule has 6 nitrogen and oxygen atoms in total. The van der Waals surface area contributed by atoms with Gasteiger partial charge in [-0.1, -0.05) is 19.1 Å². The van der Waals surface area contributed by atoms with E-state index in [2.05, 4.69) is 29.0 Å². The predicted octanol–water partition coefficient (Wildman–Crippen LogP) is 3.54. The Kier molecular flexibility index (Phi) is 7.26. The summed E-state index contributed by atoms with van der Waals surface area (Å²) >= 11 is 0. The molecule has 0 saturated heterocycles. The smallest absolute Gasteiger partial charge is 0.221 e. The first-order chi connectivity index (χ1) is 12.6. The number of anilines is 2. The van der Waals surface area contributed by atoms with Crippen LogP contribution in [0.3, 0.4) is 0 Å². The number of aromatic nitrogens is 2. The Morgan fingerprint density at radius 3 is 2.19 bits per heavy atom. The standard InChI is InChI=1S/C20H28N4O2/c1-4-7-8-9-16-17(25-5-2)11-14(12-18(16)26-6-3)10-15-13-23-20(22)24-19(15)21/h7-8,11-13H,4-6,9-10H2,1-3H3,(H4,21,22,23,24). The van der Waals surface area contributed by atoms with Crippen LogP contribution < -0.4 is 20.9 Å². The number of benzene rings is 1. The number of ether oxygens (including phenoxy) is 2. The molecule has 2 rings (SSSR count). The van der Waals surface area contributed by atoms with Crippen molar-refractivity contribution in [1.82, 2.24) is 9.97 Å². The molecule has 1 aromatic heterocycles. The zero-order chi connectivity index (χ0) is 18.9. The fraction of sp³-hybridized carbons (Fsp3) is 0.400. The molecular formula is C20H28N4O2. The lowest BCUT2D eigenvalue weighted by Crippen LogP contribution is -2.06. The van der Waals surface area contributed by atoms with E-state index in [1.54, 1.807) is 6.20 Å². The zero-order valence-electron chi connectivity index (χ0n) is 15.8. The molecule has 4 N–H and O–H groups in total. The van der Waals surface area contributed by atoms with Crippen LogP contribution in [0.25, 0.3) is 0 Å². The molecule has 0 aliphatic carbocycles. The van der Waals surface area contributed by atoms with Gasteiger partial charge in [0, 0.05) is 23.7 Å². The van der Waals surface area contributed by atoms with E-state index in [0.717, 1.165) is 41.0 Å². The average molecular weight is 356 g/mol. The summed E-state index contributed by atoms with van der Waals surface area (Å²) < 4.78 is 11.8. The summed E-state index contributed by atoms with van der Waals surface area (Å²) in [4.78, 5) is 8.06. The van der Waals surface area contributed by atoms with Gasteiger partial charge < -0.3 is 20.9 Å². The first-order valence-electron chi connectivity index (χ1n) is 9.02. The van der Waals surface area contributed by atoms with Gasteiger partial charge in [-0.05, 0) is 44.4 Å². The summed E-state index contributed by atoms with van der Waals surface area (Å²) in [5.74, 6) is 2.24. The van der Waals surface area contributed by atoms with Gasteiger partial charge in [0.1, 0.15) is 17.3 Å². The van der Waals surface area contributed by atoms with Crippen LogP contribution in [0.15, 0.2) is 30.5 Å². The third-order valence-corrected chi connectivity index (χ3v) is 3.86. The van der Waals surface area contributed by atoms with Crippen LogP contribution >= 0.6 is 0 Å². The van der Waals surface area contributed by atoms with Crippen LogP contribution in [0.1, 0.15) is 43.9 Å². The Labute approximate surface area is 155 Å². The van der Waals surface area contributed by atoms with Gasteiger partial charge in [0.05, 0.1) is 13.2 Å². The van der Waals surface area contributed by atoms with Gasteiger partial charge in [0.15, 0.2) is 0 Å². The highest BCUT2D eigenvalue weighted by molar-refractivity contribution is 5.52. The quantitative estimate of drug-likeness (QED) is 0.667. The van der Waals surface area contributed by atoms with E-state index in [0.29, 0.717) is 25.5 Å². The number of nitrogens with zero attached hydrogens (tertiary/aromatic N) is 2. The summed E-state index contributed by atoms with van der Waals surface area (Å²) in [7, 11) is 0. The van der Waals surface area contributed by atoms with E-state index in [1.807, 2.05) is 26.0 Å². The Bertz CT molecular complexity index is 732. The van der Waals surface area contributed by atoms with Crippen molar-refractivity contribution >= 4 is 11.8 Å². The van der Waals surface area contributed by atoms with Gasteiger partial charge in [-0.25, -0.2) is 4.98 Å². The lowest BCUT2D eigenvalue weighted by molar-refractivity contribution is 0.317. The van der Waals surface area contributed by atoms with Crippen molar-refractivity contribution < 1.29 is 9.47 Å². The summed E-state index contributed by atoms with van der Waals surface area (Å²) in [6.45, 7) is 7.25. The third kappa shape index (κ3) is 5.12. The first kappa shape index (κ1) is 19.6. The second-order valence-corrected chi connectivity index (χ2v) is 5.84. The molecule has 0 saturated carbocycles. The van der Waals surface area contributed by atoms with E-state index in [1.165, 1.54) is 0 Å². The van der Waals surface area contributed by atoms with Gasteiger partial charge >= 0.3 is 0 Å². The van der Waals surface area contributed by atoms with E-state index in [-0.39, 0.29) is 5.95 Å². The number of hydrogen-bond donors (Lipinski definition) is 2. The van der Waals surface area contributed by atoms with E-state index < -0.39 is 0 Å². The molecule has 1 aromatic carbocycles. The van der Waals surface area contributed by atoms with Gasteiger partial charge in [0.25, 0.3) is 0 Å². The van der Waals surface area contributed by atoms with Crippen molar-refractivity contribution in [2.45, 2.75) is 40.0 Å². The monoisotopic (exact) mass is 356 g/mol. The molecule has 2 aromatic rings. The maximum Gasteiger partial charge on any atom is 0.221 e. The van der Waals surface area contributed by atoms with Gasteiger partial charge in [-0.15, -0.1) is 0 Å². The minimum atomic E-state index is 0.175. The molecule has 6 heteroatoms. The van der Waals surface area contributed by atoms with Gasteiger partial charge in [0.2, 0.25) is 5.95 Å². The summed E-state index contributed by atoms with van der Waals surface area (Å²) in [5.41, 5.74) is 14.5. The van der Waals surface area contributed by atoms with Crippen molar-refractivity contribution in [2.24, 2.45) is 0 Å². The summed E-state index contributed by atoms with van der Waals surface area (Å²) in [6.07, 6.45) is 8.31. The number of nitrogen functional groups attached to an aromatic ring is 2. The topological polar surface area (TPSA) is 96.3 Å². The Morgan fingerprint density at radius 2 is 1.65 bits per heavy atom. The van der Waals surface area contributed by atoms with E-state index in [9.17, 15) is 0 Å². The molecule has 0 unspecified atom stereocenters. The highest BCUT2D eigenvalue weighted by Crippen LogP contribution is 2.33. The molecule has 0 aliphatic rings. The SMILES string of the molecule is CCC=CCc1c(OCC)cc(Cc2cnc(N)nc2N)cc1OCC. The van der Waals surface area contributed by atoms with E-state index in [4.69, 9.17) is 20.9 Å². The van der Waals surface area contributed by atoms with Crippen LogP contribution in [0, 0.1) is 0 Å². The summed E-state index contributed by atoms with van der Waals surface area (Å²) in [5, 5.41) is 0. The highest BCUT2D eigenvalue weighted by Gasteiger charge is 2.14. The lowest BCUT2D eigenvalue weighted by atomic mass is 10.0. The third-order valence-electron chi connectivity index (χ3n) is 3.86. The van der Waals surface area contributed by atoms with Crippen LogP contribution in [-0.2, 0) is 12.8 Å². The molecule has 0 fully saturated rings. The van der Waals surface area contributed by atoms with Crippen LogP contribution in [-0.4, -0.2) is 23.2 Å². The van der Waals surface area contributed by atoms with Crippen molar-refractivity contribution in [3.63, 3.8) is 0 Å². The fourth-order valence-electron chi connectivity index (χ4n) is 2.70. The molecule has 0 radical (unpaired) electrons. The Morgan fingerprint density at radius 1 is 1.00 bits per heavy atom. The largest absolute Gasteiger partial charge is 0.493 e. The van der Waals surface area contributed by atoms with Crippen molar-refractivity contribution in [3.8, 4) is 11.5 Å². The molecule has 0 amide bonds. The predicted molar refractivity (Wildman–Crippen MR) is 106 cm³/mol. The van der Waals surface area contributed by atoms with Crippen molar-refractivity contribution in [1.29, 1.82) is 0 Å².